The van der Waals surface area contributed by atoms with Crippen LogP contribution in [0.3, 0.4) is 0 Å². The van der Waals surface area contributed by atoms with Crippen molar-refractivity contribution in [1.29, 1.82) is 0 Å². The maximum Gasteiger partial charge on any atom is 0.171 e. The third-order valence-electron chi connectivity index (χ3n) is 6.59. The maximum atomic E-state index is 12.7. The molecule has 2 heterocycles. The molecule has 6 nitrogen and oxygen atoms in total. The van der Waals surface area contributed by atoms with Gasteiger partial charge >= 0.3 is 0 Å². The Balaban J connectivity index is 1.23. The summed E-state index contributed by atoms with van der Waals surface area (Å²) < 4.78 is 11.4. The summed E-state index contributed by atoms with van der Waals surface area (Å²) in [5.41, 5.74) is 6.36. The number of ether oxygens (including phenoxy) is 2. The molecule has 0 atom stereocenters. The topological polar surface area (TPSA) is 62.2 Å². The number of carbonyl (C=O) groups excluding carboxylic acids is 1. The van der Waals surface area contributed by atoms with E-state index in [-0.39, 0.29) is 12.4 Å². The van der Waals surface area contributed by atoms with Gasteiger partial charge in [0.25, 0.3) is 0 Å². The first-order valence-corrected chi connectivity index (χ1v) is 11.5. The summed E-state index contributed by atoms with van der Waals surface area (Å²) >= 11 is 0. The van der Waals surface area contributed by atoms with Crippen molar-refractivity contribution in [2.24, 2.45) is 0 Å². The second kappa shape index (κ2) is 9.55. The van der Waals surface area contributed by atoms with Gasteiger partial charge in [0.1, 0.15) is 12.4 Å². The van der Waals surface area contributed by atoms with Gasteiger partial charge in [0, 0.05) is 56.8 Å². The van der Waals surface area contributed by atoms with E-state index < -0.39 is 0 Å². The molecule has 6 heteroatoms. The zero-order valence-corrected chi connectivity index (χ0v) is 18.4. The highest BCUT2D eigenvalue weighted by Gasteiger charge is 2.32. The smallest absolute Gasteiger partial charge is 0.171 e. The first kappa shape index (κ1) is 21.3. The lowest BCUT2D eigenvalue weighted by molar-refractivity contribution is -0.112. The second-order valence-corrected chi connectivity index (χ2v) is 8.70. The monoisotopic (exact) mass is 434 g/mol. The van der Waals surface area contributed by atoms with Gasteiger partial charge in [0.05, 0.1) is 25.4 Å². The summed E-state index contributed by atoms with van der Waals surface area (Å²) in [6, 6.07) is 14.6. The molecule has 0 spiro atoms. The molecule has 2 aromatic rings. The van der Waals surface area contributed by atoms with Crippen molar-refractivity contribution >= 4 is 17.1 Å². The van der Waals surface area contributed by atoms with E-state index in [2.05, 4.69) is 28.0 Å². The molecule has 2 aliphatic heterocycles. The van der Waals surface area contributed by atoms with Crippen LogP contribution in [0.1, 0.15) is 27.8 Å². The van der Waals surface area contributed by atoms with Gasteiger partial charge in [-0.25, -0.2) is 0 Å². The Morgan fingerprint density at radius 1 is 0.938 bits per heavy atom. The number of hydrogen-bond donors (Lipinski definition) is 1. The SMILES string of the molecule is O=C1Cc2ccccc2/C1=C1\OCc2cc(CN3CCN(CCOCCO)CC3)ccc21. The zero-order chi connectivity index (χ0) is 21.9. The summed E-state index contributed by atoms with van der Waals surface area (Å²) in [6.07, 6.45) is 0.464. The number of aliphatic hydroxyl groups excluding tert-OH is 1. The number of hydrogen-bond acceptors (Lipinski definition) is 6. The molecule has 0 aromatic heterocycles. The van der Waals surface area contributed by atoms with Crippen LogP contribution < -0.4 is 0 Å². The highest BCUT2D eigenvalue weighted by atomic mass is 16.5. The van der Waals surface area contributed by atoms with Gasteiger partial charge < -0.3 is 14.6 Å². The number of Topliss-reactive ketones (excluding diaryl/α,β-unsaturated/α-hetero) is 1. The molecule has 2 aromatic carbocycles. The first-order valence-electron chi connectivity index (χ1n) is 11.5. The van der Waals surface area contributed by atoms with Crippen LogP contribution in [-0.2, 0) is 33.8 Å². The number of piperazine rings is 1. The van der Waals surface area contributed by atoms with Gasteiger partial charge in [0.2, 0.25) is 0 Å². The van der Waals surface area contributed by atoms with E-state index in [1.54, 1.807) is 0 Å². The molecule has 0 radical (unpaired) electrons. The number of aliphatic hydroxyl groups is 1. The predicted octanol–water partition coefficient (Wildman–Crippen LogP) is 2.34. The van der Waals surface area contributed by atoms with E-state index in [9.17, 15) is 4.79 Å². The molecule has 32 heavy (non-hydrogen) atoms. The maximum absolute atomic E-state index is 12.7. The quantitative estimate of drug-likeness (QED) is 0.533. The van der Waals surface area contributed by atoms with E-state index in [0.717, 1.165) is 67.3 Å². The largest absolute Gasteiger partial charge is 0.487 e. The summed E-state index contributed by atoms with van der Waals surface area (Å²) in [7, 11) is 0. The third kappa shape index (κ3) is 4.36. The van der Waals surface area contributed by atoms with E-state index in [1.165, 1.54) is 11.1 Å². The van der Waals surface area contributed by atoms with Gasteiger partial charge in [-0.15, -0.1) is 0 Å². The van der Waals surface area contributed by atoms with Crippen LogP contribution >= 0.6 is 0 Å². The molecule has 0 amide bonds. The number of carbonyl (C=O) groups is 1. The normalized spacial score (nSPS) is 21.0. The molecule has 0 unspecified atom stereocenters. The van der Waals surface area contributed by atoms with Crippen LogP contribution in [0.5, 0.6) is 0 Å². The lowest BCUT2D eigenvalue weighted by Crippen LogP contribution is -2.46. The highest BCUT2D eigenvalue weighted by molar-refractivity contribution is 6.31. The third-order valence-corrected chi connectivity index (χ3v) is 6.59. The molecule has 3 aliphatic rings. The average Bonchev–Trinajstić information content (AvgIpc) is 3.37. The van der Waals surface area contributed by atoms with Crippen molar-refractivity contribution in [3.8, 4) is 0 Å². The molecule has 168 valence electrons. The average molecular weight is 435 g/mol. The molecular weight excluding hydrogens is 404 g/mol. The molecule has 5 rings (SSSR count). The fourth-order valence-electron chi connectivity index (χ4n) is 4.89. The van der Waals surface area contributed by atoms with Gasteiger partial charge in [-0.3, -0.25) is 14.6 Å². The Labute approximate surface area is 189 Å². The molecule has 0 saturated carbocycles. The number of fused-ring (bicyclic) bond motifs is 2. The Morgan fingerprint density at radius 3 is 2.59 bits per heavy atom. The minimum atomic E-state index is 0.0851. The summed E-state index contributed by atoms with van der Waals surface area (Å²) in [4.78, 5) is 17.6. The van der Waals surface area contributed by atoms with Crippen molar-refractivity contribution in [3.63, 3.8) is 0 Å². The Bertz CT molecular complexity index is 1020. The Kier molecular flexibility index (Phi) is 6.37. The van der Waals surface area contributed by atoms with Gasteiger partial charge in [-0.05, 0) is 16.7 Å². The van der Waals surface area contributed by atoms with Crippen LogP contribution in [0.2, 0.25) is 0 Å². The summed E-state index contributed by atoms with van der Waals surface area (Å²) in [6.45, 7) is 7.70. The summed E-state index contributed by atoms with van der Waals surface area (Å²) in [5.74, 6) is 0.899. The fourth-order valence-corrected chi connectivity index (χ4v) is 4.89. The number of nitrogens with zero attached hydrogens (tertiary/aromatic N) is 2. The van der Waals surface area contributed by atoms with Crippen molar-refractivity contribution in [1.82, 2.24) is 9.80 Å². The van der Waals surface area contributed by atoms with Crippen LogP contribution in [0.4, 0.5) is 0 Å². The molecular formula is C26H30N2O4. The number of benzene rings is 2. The standard InChI is InChI=1S/C26H30N2O4/c29-12-14-31-13-11-27-7-9-28(10-8-27)17-19-5-6-23-21(15-19)18-32-26(23)25-22-4-2-1-3-20(22)16-24(25)30/h1-6,15,29H,7-14,16-18H2/b26-25+. The number of allylic oxidation sites excluding steroid dienone is 1. The fraction of sp³-hybridized carbons (Fsp3) is 0.423. The van der Waals surface area contributed by atoms with E-state index in [4.69, 9.17) is 14.6 Å². The van der Waals surface area contributed by atoms with Gasteiger partial charge in [0.15, 0.2) is 5.78 Å². The van der Waals surface area contributed by atoms with Crippen LogP contribution in [0.15, 0.2) is 42.5 Å². The van der Waals surface area contributed by atoms with Crippen molar-refractivity contribution < 1.29 is 19.4 Å². The molecule has 1 aliphatic carbocycles. The highest BCUT2D eigenvalue weighted by Crippen LogP contribution is 2.40. The molecule has 0 bridgehead atoms. The van der Waals surface area contributed by atoms with Crippen LogP contribution in [0, 0.1) is 0 Å². The lowest BCUT2D eigenvalue weighted by atomic mass is 9.99. The Hall–Kier alpha value is -2.51. The zero-order valence-electron chi connectivity index (χ0n) is 18.4. The van der Waals surface area contributed by atoms with E-state index >= 15 is 0 Å². The Morgan fingerprint density at radius 2 is 1.75 bits per heavy atom. The predicted molar refractivity (Wildman–Crippen MR) is 123 cm³/mol. The molecule has 1 N–H and O–H groups in total. The van der Waals surface area contributed by atoms with E-state index in [1.807, 2.05) is 24.3 Å². The van der Waals surface area contributed by atoms with Crippen molar-refractivity contribution in [3.05, 3.63) is 70.3 Å². The van der Waals surface area contributed by atoms with Gasteiger partial charge in [-0.2, -0.15) is 0 Å². The minimum Gasteiger partial charge on any atom is -0.487 e. The van der Waals surface area contributed by atoms with Crippen molar-refractivity contribution in [2.75, 3.05) is 52.5 Å². The van der Waals surface area contributed by atoms with Crippen molar-refractivity contribution in [2.45, 2.75) is 19.6 Å². The van der Waals surface area contributed by atoms with E-state index in [0.29, 0.717) is 26.2 Å². The van der Waals surface area contributed by atoms with Crippen LogP contribution in [-0.4, -0.2) is 73.2 Å². The lowest BCUT2D eigenvalue weighted by Gasteiger charge is -2.34. The molecule has 1 saturated heterocycles. The molecule has 1 fully saturated rings. The van der Waals surface area contributed by atoms with Gasteiger partial charge in [-0.1, -0.05) is 42.5 Å². The minimum absolute atomic E-state index is 0.0851. The first-order chi connectivity index (χ1) is 15.7. The number of rotatable bonds is 7. The number of ketones is 1. The summed E-state index contributed by atoms with van der Waals surface area (Å²) in [5, 5.41) is 8.79. The van der Waals surface area contributed by atoms with Crippen LogP contribution in [0.25, 0.3) is 11.3 Å². The second-order valence-electron chi connectivity index (χ2n) is 8.70.